The maximum absolute atomic E-state index is 12.3. The normalized spacial score (nSPS) is 22.6. The Hall–Kier alpha value is -0.320. The SMILES string of the molecule is CN1C(=O)C(C)(C=C(Br)Br)c2cc(Cl)ccc21. The van der Waals surface area contributed by atoms with Gasteiger partial charge in [-0.15, -0.1) is 0 Å². The molecule has 0 bridgehead atoms. The van der Waals surface area contributed by atoms with Crippen LogP contribution in [-0.2, 0) is 10.2 Å². The molecule has 1 heterocycles. The molecular formula is C12H10Br2ClNO. The fourth-order valence-electron chi connectivity index (χ4n) is 2.15. The van der Waals surface area contributed by atoms with Gasteiger partial charge >= 0.3 is 0 Å². The molecule has 2 nitrogen and oxygen atoms in total. The summed E-state index contributed by atoms with van der Waals surface area (Å²) in [6.45, 7) is 1.89. The van der Waals surface area contributed by atoms with Crippen molar-refractivity contribution in [2.75, 3.05) is 11.9 Å². The minimum Gasteiger partial charge on any atom is -0.314 e. The van der Waals surface area contributed by atoms with Crippen molar-refractivity contribution in [1.82, 2.24) is 0 Å². The zero-order valence-corrected chi connectivity index (χ0v) is 13.2. The summed E-state index contributed by atoms with van der Waals surface area (Å²) in [6, 6.07) is 5.51. The number of benzene rings is 1. The maximum Gasteiger partial charge on any atom is 0.241 e. The predicted octanol–water partition coefficient (Wildman–Crippen LogP) is 4.21. The molecule has 1 unspecified atom stereocenters. The summed E-state index contributed by atoms with van der Waals surface area (Å²) in [5.41, 5.74) is 1.14. The Labute approximate surface area is 122 Å². The predicted molar refractivity (Wildman–Crippen MR) is 78.2 cm³/mol. The molecule has 0 fully saturated rings. The monoisotopic (exact) mass is 377 g/mol. The highest BCUT2D eigenvalue weighted by Gasteiger charge is 2.44. The van der Waals surface area contributed by atoms with E-state index < -0.39 is 5.41 Å². The van der Waals surface area contributed by atoms with Crippen molar-refractivity contribution in [1.29, 1.82) is 0 Å². The summed E-state index contributed by atoms with van der Waals surface area (Å²) >= 11 is 12.6. The Bertz CT molecular complexity index is 525. The number of amides is 1. The Morgan fingerprint density at radius 3 is 2.71 bits per heavy atom. The van der Waals surface area contributed by atoms with E-state index in [1.165, 1.54) is 0 Å². The van der Waals surface area contributed by atoms with E-state index in [0.717, 1.165) is 14.6 Å². The minimum absolute atomic E-state index is 0.0335. The third kappa shape index (κ3) is 2.07. The molecule has 1 atom stereocenters. The van der Waals surface area contributed by atoms with Crippen LogP contribution >= 0.6 is 43.5 Å². The van der Waals surface area contributed by atoms with Crippen molar-refractivity contribution in [3.63, 3.8) is 0 Å². The molecule has 0 aromatic heterocycles. The van der Waals surface area contributed by atoms with Crippen LogP contribution in [0.2, 0.25) is 5.02 Å². The molecule has 17 heavy (non-hydrogen) atoms. The smallest absolute Gasteiger partial charge is 0.241 e. The quantitative estimate of drug-likeness (QED) is 0.716. The Morgan fingerprint density at radius 2 is 2.12 bits per heavy atom. The van der Waals surface area contributed by atoms with Crippen LogP contribution < -0.4 is 4.90 Å². The fourth-order valence-corrected chi connectivity index (χ4v) is 3.24. The molecular weight excluding hydrogens is 369 g/mol. The first-order valence-corrected chi connectivity index (χ1v) is 6.94. The molecule has 1 amide bonds. The molecule has 1 aromatic rings. The topological polar surface area (TPSA) is 20.3 Å². The Kier molecular flexibility index (Phi) is 3.40. The number of rotatable bonds is 1. The van der Waals surface area contributed by atoms with E-state index in [1.807, 2.05) is 25.1 Å². The van der Waals surface area contributed by atoms with Crippen molar-refractivity contribution in [3.05, 3.63) is 38.3 Å². The van der Waals surface area contributed by atoms with Crippen LogP contribution in [0, 0.1) is 0 Å². The van der Waals surface area contributed by atoms with Crippen LogP contribution in [0.4, 0.5) is 5.69 Å². The number of nitrogens with zero attached hydrogens (tertiary/aromatic N) is 1. The van der Waals surface area contributed by atoms with Crippen LogP contribution in [0.5, 0.6) is 0 Å². The lowest BCUT2D eigenvalue weighted by atomic mass is 9.84. The summed E-state index contributed by atoms with van der Waals surface area (Å²) in [6.07, 6.45) is 1.84. The highest BCUT2D eigenvalue weighted by atomic mass is 79.9. The Morgan fingerprint density at radius 1 is 1.47 bits per heavy atom. The molecule has 1 aromatic carbocycles. The van der Waals surface area contributed by atoms with E-state index in [9.17, 15) is 4.79 Å². The van der Waals surface area contributed by atoms with Crippen molar-refractivity contribution in [2.24, 2.45) is 0 Å². The van der Waals surface area contributed by atoms with Gasteiger partial charge in [-0.05, 0) is 68.6 Å². The second-order valence-electron chi connectivity index (χ2n) is 4.16. The first-order chi connectivity index (χ1) is 7.86. The molecule has 90 valence electrons. The molecule has 0 aliphatic carbocycles. The lowest BCUT2D eigenvalue weighted by Crippen LogP contribution is -2.34. The van der Waals surface area contributed by atoms with Gasteiger partial charge in [0.2, 0.25) is 5.91 Å². The highest BCUT2D eigenvalue weighted by Crippen LogP contribution is 2.44. The van der Waals surface area contributed by atoms with Gasteiger partial charge in [-0.25, -0.2) is 0 Å². The van der Waals surface area contributed by atoms with Gasteiger partial charge in [0.05, 0.1) is 8.81 Å². The number of halogens is 3. The first-order valence-electron chi connectivity index (χ1n) is 4.98. The zero-order valence-electron chi connectivity index (χ0n) is 9.30. The molecule has 1 aliphatic heterocycles. The van der Waals surface area contributed by atoms with Gasteiger partial charge in [0.25, 0.3) is 0 Å². The van der Waals surface area contributed by atoms with Crippen LogP contribution in [0.3, 0.4) is 0 Å². The first kappa shape index (κ1) is 13.1. The molecule has 0 radical (unpaired) electrons. The van der Waals surface area contributed by atoms with E-state index in [0.29, 0.717) is 5.02 Å². The number of hydrogen-bond donors (Lipinski definition) is 0. The van der Waals surface area contributed by atoms with E-state index in [1.54, 1.807) is 18.0 Å². The molecule has 0 saturated heterocycles. The van der Waals surface area contributed by atoms with Gasteiger partial charge in [-0.2, -0.15) is 0 Å². The van der Waals surface area contributed by atoms with E-state index in [2.05, 4.69) is 31.9 Å². The van der Waals surface area contributed by atoms with Gasteiger partial charge in [-0.1, -0.05) is 11.6 Å². The number of likely N-dealkylation sites (N-methyl/N-ethyl adjacent to an activating group) is 1. The van der Waals surface area contributed by atoms with Gasteiger partial charge in [-0.3, -0.25) is 4.79 Å². The summed E-state index contributed by atoms with van der Waals surface area (Å²) in [5.74, 6) is 0.0335. The second-order valence-corrected chi connectivity index (χ2v) is 7.37. The summed E-state index contributed by atoms with van der Waals surface area (Å²) < 4.78 is 0.752. The van der Waals surface area contributed by atoms with Gasteiger partial charge in [0.15, 0.2) is 0 Å². The van der Waals surface area contributed by atoms with Crippen LogP contribution in [-0.4, -0.2) is 13.0 Å². The van der Waals surface area contributed by atoms with Crippen molar-refractivity contribution < 1.29 is 4.79 Å². The van der Waals surface area contributed by atoms with Crippen LogP contribution in [0.25, 0.3) is 0 Å². The number of carbonyl (C=O) groups excluding carboxylic acids is 1. The number of carbonyl (C=O) groups is 1. The molecule has 2 rings (SSSR count). The average molecular weight is 379 g/mol. The summed E-state index contributed by atoms with van der Waals surface area (Å²) in [5, 5.41) is 0.636. The highest BCUT2D eigenvalue weighted by molar-refractivity contribution is 9.28. The van der Waals surface area contributed by atoms with Gasteiger partial charge < -0.3 is 4.90 Å². The van der Waals surface area contributed by atoms with Crippen molar-refractivity contribution in [3.8, 4) is 0 Å². The van der Waals surface area contributed by atoms with Crippen molar-refractivity contribution >= 4 is 55.1 Å². The largest absolute Gasteiger partial charge is 0.314 e. The van der Waals surface area contributed by atoms with Gasteiger partial charge in [0.1, 0.15) is 0 Å². The van der Waals surface area contributed by atoms with Crippen molar-refractivity contribution in [2.45, 2.75) is 12.3 Å². The number of fused-ring (bicyclic) bond motifs is 1. The third-order valence-corrected chi connectivity index (χ3v) is 3.72. The third-order valence-electron chi connectivity index (χ3n) is 3.03. The van der Waals surface area contributed by atoms with Crippen LogP contribution in [0.15, 0.2) is 27.7 Å². The Balaban J connectivity index is 2.69. The molecule has 5 heteroatoms. The maximum atomic E-state index is 12.3. The zero-order chi connectivity index (χ0) is 12.8. The summed E-state index contributed by atoms with van der Waals surface area (Å²) in [4.78, 5) is 14.0. The number of hydrogen-bond acceptors (Lipinski definition) is 1. The molecule has 1 aliphatic rings. The van der Waals surface area contributed by atoms with Crippen LogP contribution in [0.1, 0.15) is 12.5 Å². The lowest BCUT2D eigenvalue weighted by Gasteiger charge is -2.18. The minimum atomic E-state index is -0.683. The lowest BCUT2D eigenvalue weighted by molar-refractivity contribution is -0.120. The second kappa shape index (κ2) is 4.41. The standard InChI is InChI=1S/C12H10Br2ClNO/c1-12(6-10(13)14)8-5-7(15)3-4-9(8)16(2)11(12)17/h3-6H,1-2H3. The summed E-state index contributed by atoms with van der Waals surface area (Å²) in [7, 11) is 1.77. The molecule has 0 spiro atoms. The number of anilines is 1. The van der Waals surface area contributed by atoms with Gasteiger partial charge in [0, 0.05) is 17.8 Å². The van der Waals surface area contributed by atoms with E-state index in [-0.39, 0.29) is 5.91 Å². The van der Waals surface area contributed by atoms with E-state index in [4.69, 9.17) is 11.6 Å². The molecule has 0 N–H and O–H groups in total. The molecule has 0 saturated carbocycles. The fraction of sp³-hybridized carbons (Fsp3) is 0.250. The van der Waals surface area contributed by atoms with E-state index >= 15 is 0 Å². The average Bonchev–Trinajstić information content (AvgIpc) is 2.41.